The molecule has 2 amide bonds. The number of alkyl halides is 3. The second kappa shape index (κ2) is 9.26. The Kier molecular flexibility index (Phi) is 6.22. The molecule has 2 N–H and O–H groups in total. The number of aromatic nitrogens is 2. The summed E-state index contributed by atoms with van der Waals surface area (Å²) in [6.45, 7) is 1.86. The second-order valence-corrected chi connectivity index (χ2v) is 7.46. The number of pyridine rings is 1. The van der Waals surface area contributed by atoms with Crippen molar-refractivity contribution in [2.24, 2.45) is 0 Å². The highest BCUT2D eigenvalue weighted by Crippen LogP contribution is 2.31. The van der Waals surface area contributed by atoms with Gasteiger partial charge in [0, 0.05) is 18.0 Å². The van der Waals surface area contributed by atoms with Gasteiger partial charge in [0.2, 0.25) is 0 Å². The number of fused-ring (bicyclic) bond motifs is 1. The van der Waals surface area contributed by atoms with E-state index in [1.165, 1.54) is 22.6 Å². The standard InChI is InChI=1S/C24H19F3N4O3/c1-15-9-10-31-21(11-15)28-18(13-22(31)32)14-34-20-8-3-2-7-19(20)30-23(33)29-17-6-4-5-16(12-17)24(25,26)27/h2-13H,14H2,1H3,(H2,29,30,33). The molecule has 174 valence electrons. The maximum absolute atomic E-state index is 12.9. The van der Waals surface area contributed by atoms with Gasteiger partial charge in [-0.15, -0.1) is 0 Å². The van der Waals surface area contributed by atoms with Crippen molar-refractivity contribution in [3.63, 3.8) is 0 Å². The minimum atomic E-state index is -4.52. The molecule has 4 rings (SSSR count). The number of carbonyl (C=O) groups excluding carboxylic acids is 1. The maximum Gasteiger partial charge on any atom is 0.416 e. The molecule has 0 aliphatic heterocycles. The third kappa shape index (κ3) is 5.34. The van der Waals surface area contributed by atoms with Gasteiger partial charge in [-0.05, 0) is 55.0 Å². The molecule has 34 heavy (non-hydrogen) atoms. The number of benzene rings is 2. The quantitative estimate of drug-likeness (QED) is 0.419. The monoisotopic (exact) mass is 468 g/mol. The molecule has 2 heterocycles. The number of amides is 2. The Labute approximate surface area is 191 Å². The van der Waals surface area contributed by atoms with Crippen molar-refractivity contribution < 1.29 is 22.7 Å². The molecule has 2 aromatic heterocycles. The summed E-state index contributed by atoms with van der Waals surface area (Å²) in [4.78, 5) is 29.1. The van der Waals surface area contributed by atoms with E-state index in [1.807, 2.05) is 6.92 Å². The van der Waals surface area contributed by atoms with Crippen LogP contribution in [0.2, 0.25) is 0 Å². The molecule has 2 aromatic carbocycles. The predicted molar refractivity (Wildman–Crippen MR) is 121 cm³/mol. The van der Waals surface area contributed by atoms with Crippen LogP contribution < -0.4 is 20.9 Å². The summed E-state index contributed by atoms with van der Waals surface area (Å²) < 4.78 is 45.9. The van der Waals surface area contributed by atoms with Crippen LogP contribution in [0.5, 0.6) is 5.75 Å². The van der Waals surface area contributed by atoms with Crippen LogP contribution in [0, 0.1) is 6.92 Å². The lowest BCUT2D eigenvalue weighted by atomic mass is 10.2. The number of para-hydroxylation sites is 2. The SMILES string of the molecule is Cc1ccn2c(=O)cc(COc3ccccc3NC(=O)Nc3cccc(C(F)(F)F)c3)nc2c1. The van der Waals surface area contributed by atoms with Crippen LogP contribution in [0.4, 0.5) is 29.3 Å². The van der Waals surface area contributed by atoms with Crippen LogP contribution in [-0.2, 0) is 12.8 Å². The molecule has 0 aliphatic rings. The number of aryl methyl sites for hydroxylation is 1. The summed E-state index contributed by atoms with van der Waals surface area (Å²) in [6.07, 6.45) is -2.88. The first kappa shape index (κ1) is 22.8. The fourth-order valence-corrected chi connectivity index (χ4v) is 3.23. The smallest absolute Gasteiger partial charge is 0.416 e. The van der Waals surface area contributed by atoms with Crippen molar-refractivity contribution in [1.29, 1.82) is 0 Å². The molecule has 0 spiro atoms. The van der Waals surface area contributed by atoms with Crippen molar-refractivity contribution in [2.75, 3.05) is 10.6 Å². The Balaban J connectivity index is 1.47. The van der Waals surface area contributed by atoms with Crippen molar-refractivity contribution in [3.8, 4) is 5.75 Å². The van der Waals surface area contributed by atoms with E-state index >= 15 is 0 Å². The highest BCUT2D eigenvalue weighted by molar-refractivity contribution is 6.00. The van der Waals surface area contributed by atoms with Crippen LogP contribution in [0.15, 0.2) is 77.7 Å². The molecule has 0 saturated carbocycles. The Bertz CT molecular complexity index is 1420. The Morgan fingerprint density at radius 2 is 1.82 bits per heavy atom. The van der Waals surface area contributed by atoms with E-state index in [-0.39, 0.29) is 17.9 Å². The van der Waals surface area contributed by atoms with E-state index in [0.29, 0.717) is 22.8 Å². The van der Waals surface area contributed by atoms with E-state index in [9.17, 15) is 22.8 Å². The first-order valence-electron chi connectivity index (χ1n) is 10.1. The number of nitrogens with one attached hydrogen (secondary N) is 2. The summed E-state index contributed by atoms with van der Waals surface area (Å²) in [6, 6.07) is 15.1. The number of halogens is 3. The largest absolute Gasteiger partial charge is 0.485 e. The second-order valence-electron chi connectivity index (χ2n) is 7.46. The van der Waals surface area contributed by atoms with Gasteiger partial charge < -0.3 is 15.4 Å². The molecule has 0 radical (unpaired) electrons. The molecule has 0 atom stereocenters. The van der Waals surface area contributed by atoms with Crippen molar-refractivity contribution in [2.45, 2.75) is 19.7 Å². The van der Waals surface area contributed by atoms with Gasteiger partial charge in [-0.1, -0.05) is 18.2 Å². The van der Waals surface area contributed by atoms with Gasteiger partial charge in [0.25, 0.3) is 5.56 Å². The summed E-state index contributed by atoms with van der Waals surface area (Å²) >= 11 is 0. The summed E-state index contributed by atoms with van der Waals surface area (Å²) in [5, 5.41) is 4.93. The minimum Gasteiger partial charge on any atom is -0.485 e. The molecule has 0 unspecified atom stereocenters. The number of hydrogen-bond acceptors (Lipinski definition) is 4. The Hall–Kier alpha value is -4.34. The van der Waals surface area contributed by atoms with Crippen LogP contribution in [0.1, 0.15) is 16.8 Å². The average Bonchev–Trinajstić information content (AvgIpc) is 2.78. The van der Waals surface area contributed by atoms with Gasteiger partial charge in [0.05, 0.1) is 16.9 Å². The van der Waals surface area contributed by atoms with Gasteiger partial charge in [-0.25, -0.2) is 9.78 Å². The number of carbonyl (C=O) groups is 1. The zero-order valence-electron chi connectivity index (χ0n) is 17.9. The van der Waals surface area contributed by atoms with Crippen LogP contribution in [-0.4, -0.2) is 15.4 Å². The fraction of sp³-hybridized carbons (Fsp3) is 0.125. The van der Waals surface area contributed by atoms with E-state index in [0.717, 1.165) is 17.7 Å². The average molecular weight is 468 g/mol. The molecule has 0 saturated heterocycles. The molecule has 10 heteroatoms. The summed E-state index contributed by atoms with van der Waals surface area (Å²) in [5.74, 6) is 0.299. The summed E-state index contributed by atoms with van der Waals surface area (Å²) in [5.41, 5.74) is 0.990. The minimum absolute atomic E-state index is 0.0122. The lowest BCUT2D eigenvalue weighted by Gasteiger charge is -2.14. The highest BCUT2D eigenvalue weighted by atomic mass is 19.4. The van der Waals surface area contributed by atoms with Gasteiger partial charge >= 0.3 is 12.2 Å². The number of urea groups is 1. The van der Waals surface area contributed by atoms with E-state index in [1.54, 1.807) is 42.6 Å². The number of anilines is 2. The third-order valence-electron chi connectivity index (χ3n) is 4.83. The number of hydrogen-bond donors (Lipinski definition) is 2. The van der Waals surface area contributed by atoms with Gasteiger partial charge in [-0.2, -0.15) is 13.2 Å². The van der Waals surface area contributed by atoms with Crippen LogP contribution in [0.25, 0.3) is 5.65 Å². The van der Waals surface area contributed by atoms with E-state index in [2.05, 4.69) is 15.6 Å². The topological polar surface area (TPSA) is 84.7 Å². The van der Waals surface area contributed by atoms with E-state index in [4.69, 9.17) is 4.74 Å². The van der Waals surface area contributed by atoms with Gasteiger partial charge in [-0.3, -0.25) is 9.20 Å². The molecular weight excluding hydrogens is 449 g/mol. The predicted octanol–water partition coefficient (Wildman–Crippen LogP) is 5.24. The zero-order chi connectivity index (χ0) is 24.3. The first-order valence-corrected chi connectivity index (χ1v) is 10.1. The number of ether oxygens (including phenoxy) is 1. The zero-order valence-corrected chi connectivity index (χ0v) is 17.9. The molecular formula is C24H19F3N4O3. The summed E-state index contributed by atoms with van der Waals surface area (Å²) in [7, 11) is 0. The Morgan fingerprint density at radius 1 is 1.03 bits per heavy atom. The van der Waals surface area contributed by atoms with Gasteiger partial charge in [0.1, 0.15) is 18.0 Å². The molecule has 0 fully saturated rings. The Morgan fingerprint density at radius 3 is 2.62 bits per heavy atom. The fourth-order valence-electron chi connectivity index (χ4n) is 3.23. The molecule has 0 bridgehead atoms. The highest BCUT2D eigenvalue weighted by Gasteiger charge is 2.30. The lowest BCUT2D eigenvalue weighted by molar-refractivity contribution is -0.137. The number of rotatable bonds is 5. The van der Waals surface area contributed by atoms with Crippen molar-refractivity contribution in [1.82, 2.24) is 9.38 Å². The molecule has 4 aromatic rings. The maximum atomic E-state index is 12.9. The van der Waals surface area contributed by atoms with Crippen molar-refractivity contribution >= 4 is 23.1 Å². The lowest BCUT2D eigenvalue weighted by Crippen LogP contribution is -2.20. The number of nitrogens with zero attached hydrogens (tertiary/aromatic N) is 2. The normalized spacial score (nSPS) is 11.3. The molecule has 0 aliphatic carbocycles. The third-order valence-corrected chi connectivity index (χ3v) is 4.83. The first-order chi connectivity index (χ1) is 16.2. The van der Waals surface area contributed by atoms with Crippen LogP contribution >= 0.6 is 0 Å². The van der Waals surface area contributed by atoms with Crippen molar-refractivity contribution in [3.05, 3.63) is 100 Å². The van der Waals surface area contributed by atoms with Gasteiger partial charge in [0.15, 0.2) is 0 Å². The van der Waals surface area contributed by atoms with E-state index < -0.39 is 17.8 Å². The van der Waals surface area contributed by atoms with Crippen LogP contribution in [0.3, 0.4) is 0 Å². The molecule has 7 nitrogen and oxygen atoms in total.